The number of anilines is 2. The molecule has 386 valence electrons. The van der Waals surface area contributed by atoms with Crippen LogP contribution in [-0.2, 0) is 20.9 Å². The van der Waals surface area contributed by atoms with Crippen LogP contribution in [-0.4, -0.2) is 144 Å². The largest absolute Gasteiger partial charge is 0.391 e. The fraction of sp³-hybridized carbons (Fsp3) is 0.472. The van der Waals surface area contributed by atoms with Crippen LogP contribution >= 0.6 is 11.3 Å². The molecule has 0 spiro atoms. The van der Waals surface area contributed by atoms with E-state index in [2.05, 4.69) is 41.4 Å². The maximum absolute atomic E-state index is 15.7. The lowest BCUT2D eigenvalue weighted by Crippen LogP contribution is -2.56. The minimum absolute atomic E-state index is 0.0730. The molecular weight excluding hydrogens is 950 g/mol. The molecule has 1 saturated carbocycles. The van der Waals surface area contributed by atoms with Crippen LogP contribution in [0, 0.1) is 18.2 Å². The summed E-state index contributed by atoms with van der Waals surface area (Å²) < 4.78 is 17.6. The molecule has 3 fully saturated rings. The molecule has 6 heterocycles. The van der Waals surface area contributed by atoms with E-state index in [1.54, 1.807) is 47.0 Å². The number of benzene rings is 2. The molecule has 0 bridgehead atoms. The standard InChI is InChI=1S/C53H66FN13O5S/c1-33-46(73-32-59-33)36-11-9-34(10-12-36)25-58-50(70)43-24-39(68)29-67(43)52(72)47(53(2,3)4)56-18-8-6-5-7-17-55-45(69)31-64-19-21-65(22-20-64)51(71)37-15-16-41(40(54)23-37)62-48-49-57-28-44(38-26-60-61-27-38)66(49)30-42(63-48)35-13-14-35/h9-12,15-16,23,26-28,30,32,35,39,43,47,56,68H,5-8,13-14,17-22,24-25,29,31H2,1-4H3,(H,55,69)(H,58,70)(H,60,61)(H,62,63)/t39-,43+,47-/m1/s1. The number of aryl methyl sites for hydroxylation is 1. The van der Waals surface area contributed by atoms with Crippen LogP contribution in [0.15, 0.2) is 72.8 Å². The number of β-amino-alcohol motifs (C(OH)–C–C–N with tert-alkyl or cyclic N) is 1. The number of rotatable bonds is 20. The highest BCUT2D eigenvalue weighted by Gasteiger charge is 2.44. The van der Waals surface area contributed by atoms with E-state index < -0.39 is 29.4 Å². The number of piperazine rings is 1. The third-order valence-electron chi connectivity index (χ3n) is 14.0. The van der Waals surface area contributed by atoms with Gasteiger partial charge in [-0.05, 0) is 73.9 Å². The average Bonchev–Trinajstić information content (AvgIpc) is 3.69. The minimum Gasteiger partial charge on any atom is -0.391 e. The number of aliphatic hydroxyl groups excluding tert-OH is 1. The zero-order valence-electron chi connectivity index (χ0n) is 42.0. The number of fused-ring (bicyclic) bond motifs is 1. The summed E-state index contributed by atoms with van der Waals surface area (Å²) in [5.41, 5.74) is 7.97. The van der Waals surface area contributed by atoms with Crippen LogP contribution < -0.4 is 21.3 Å². The van der Waals surface area contributed by atoms with Crippen LogP contribution in [0.5, 0.6) is 0 Å². The molecule has 4 amide bonds. The van der Waals surface area contributed by atoms with Crippen molar-refractivity contribution in [1.29, 1.82) is 0 Å². The fourth-order valence-electron chi connectivity index (χ4n) is 9.67. The van der Waals surface area contributed by atoms with Gasteiger partial charge in [0, 0.05) is 81.7 Å². The van der Waals surface area contributed by atoms with Crippen molar-refractivity contribution in [3.05, 3.63) is 101 Å². The van der Waals surface area contributed by atoms with E-state index >= 15 is 4.39 Å². The molecule has 2 aliphatic heterocycles. The molecule has 2 aromatic carbocycles. The van der Waals surface area contributed by atoms with E-state index in [-0.39, 0.29) is 54.4 Å². The second-order valence-electron chi connectivity index (χ2n) is 20.6. The van der Waals surface area contributed by atoms with Crippen molar-refractivity contribution in [2.75, 3.05) is 57.7 Å². The Bertz CT molecular complexity index is 2890. The van der Waals surface area contributed by atoms with Gasteiger partial charge in [-0.15, -0.1) is 11.3 Å². The number of amides is 4. The van der Waals surface area contributed by atoms with E-state index in [9.17, 15) is 24.3 Å². The van der Waals surface area contributed by atoms with Gasteiger partial charge in [0.05, 0.1) is 64.2 Å². The highest BCUT2D eigenvalue weighted by Crippen LogP contribution is 2.41. The van der Waals surface area contributed by atoms with Crippen molar-refractivity contribution in [1.82, 2.24) is 60.2 Å². The predicted molar refractivity (Wildman–Crippen MR) is 278 cm³/mol. The van der Waals surface area contributed by atoms with Crippen molar-refractivity contribution >= 4 is 52.1 Å². The number of unbranched alkanes of at least 4 members (excludes halogenated alkanes) is 3. The second-order valence-corrected chi connectivity index (χ2v) is 21.5. The van der Waals surface area contributed by atoms with Gasteiger partial charge < -0.3 is 36.2 Å². The van der Waals surface area contributed by atoms with Crippen molar-refractivity contribution in [2.24, 2.45) is 5.41 Å². The summed E-state index contributed by atoms with van der Waals surface area (Å²) in [4.78, 5) is 74.0. The molecule has 3 aliphatic rings. The van der Waals surface area contributed by atoms with Crippen LogP contribution in [0.2, 0.25) is 0 Å². The first kappa shape index (κ1) is 51.3. The van der Waals surface area contributed by atoms with Gasteiger partial charge >= 0.3 is 0 Å². The number of H-pyrrole nitrogens is 1. The number of aromatic amines is 1. The van der Waals surface area contributed by atoms with Gasteiger partial charge in [-0.25, -0.2) is 19.3 Å². The molecule has 0 unspecified atom stereocenters. The fourth-order valence-corrected chi connectivity index (χ4v) is 10.5. The van der Waals surface area contributed by atoms with E-state index in [0.29, 0.717) is 63.2 Å². The first-order valence-electron chi connectivity index (χ1n) is 25.4. The number of imidazole rings is 1. The molecule has 2 saturated heterocycles. The Morgan fingerprint density at radius 2 is 1.70 bits per heavy atom. The summed E-state index contributed by atoms with van der Waals surface area (Å²) in [5, 5.41) is 30.1. The van der Waals surface area contributed by atoms with Crippen molar-refractivity contribution < 1.29 is 28.7 Å². The third-order valence-corrected chi connectivity index (χ3v) is 15.0. The van der Waals surface area contributed by atoms with Gasteiger partial charge in [-0.1, -0.05) is 57.9 Å². The number of carbonyl (C=O) groups is 4. The van der Waals surface area contributed by atoms with Crippen LogP contribution in [0.3, 0.4) is 0 Å². The summed E-state index contributed by atoms with van der Waals surface area (Å²) in [7, 11) is 0. The zero-order valence-corrected chi connectivity index (χ0v) is 42.8. The molecule has 73 heavy (non-hydrogen) atoms. The van der Waals surface area contributed by atoms with Crippen molar-refractivity contribution in [3.63, 3.8) is 0 Å². The van der Waals surface area contributed by atoms with Crippen molar-refractivity contribution in [2.45, 2.75) is 103 Å². The van der Waals surface area contributed by atoms with Gasteiger partial charge in [0.25, 0.3) is 5.91 Å². The summed E-state index contributed by atoms with van der Waals surface area (Å²) in [6.07, 6.45) is 12.2. The Hall–Kier alpha value is -6.61. The first-order chi connectivity index (χ1) is 35.2. The summed E-state index contributed by atoms with van der Waals surface area (Å²) in [6, 6.07) is 11.1. The monoisotopic (exact) mass is 1020 g/mol. The first-order valence-corrected chi connectivity index (χ1v) is 26.3. The van der Waals surface area contributed by atoms with Crippen molar-refractivity contribution in [3.8, 4) is 21.7 Å². The molecule has 3 atom stereocenters. The molecule has 4 aromatic heterocycles. The maximum Gasteiger partial charge on any atom is 0.254 e. The lowest BCUT2D eigenvalue weighted by Gasteiger charge is -2.35. The molecule has 1 aliphatic carbocycles. The van der Waals surface area contributed by atoms with E-state index in [1.807, 2.05) is 73.0 Å². The maximum atomic E-state index is 15.7. The lowest BCUT2D eigenvalue weighted by atomic mass is 9.85. The number of aliphatic hydroxyl groups is 1. The van der Waals surface area contributed by atoms with Gasteiger partial charge in [0.1, 0.15) is 11.9 Å². The number of hydrogen-bond acceptors (Lipinski definition) is 13. The van der Waals surface area contributed by atoms with Gasteiger partial charge in [0.2, 0.25) is 17.7 Å². The quantitative estimate of drug-likeness (QED) is 0.0484. The molecule has 0 radical (unpaired) electrons. The number of nitrogens with zero attached hydrogens (tertiary/aromatic N) is 8. The number of aromatic nitrogens is 6. The summed E-state index contributed by atoms with van der Waals surface area (Å²) in [5.74, 6) is -0.620. The lowest BCUT2D eigenvalue weighted by molar-refractivity contribution is -0.142. The minimum atomic E-state index is -0.782. The topological polar surface area (TPSA) is 218 Å². The molecular formula is C53H66FN13O5S. The number of likely N-dealkylation sites (tertiary alicyclic amines) is 1. The average molecular weight is 1020 g/mol. The van der Waals surface area contributed by atoms with E-state index in [0.717, 1.165) is 77.2 Å². The molecule has 20 heteroatoms. The number of halogens is 1. The van der Waals surface area contributed by atoms with Gasteiger partial charge in [0.15, 0.2) is 11.5 Å². The summed E-state index contributed by atoms with van der Waals surface area (Å²) >= 11 is 1.59. The van der Waals surface area contributed by atoms with E-state index in [4.69, 9.17) is 4.98 Å². The van der Waals surface area contributed by atoms with Gasteiger partial charge in [-0.2, -0.15) is 5.10 Å². The molecule has 6 aromatic rings. The number of hydrogen-bond donors (Lipinski definition) is 6. The summed E-state index contributed by atoms with van der Waals surface area (Å²) in [6.45, 7) is 11.6. The Morgan fingerprint density at radius 1 is 0.932 bits per heavy atom. The smallest absolute Gasteiger partial charge is 0.254 e. The van der Waals surface area contributed by atoms with E-state index in [1.165, 1.54) is 11.0 Å². The number of carbonyl (C=O) groups excluding carboxylic acids is 4. The molecule has 9 rings (SSSR count). The van der Waals surface area contributed by atoms with Crippen LogP contribution in [0.4, 0.5) is 15.9 Å². The van der Waals surface area contributed by atoms with Crippen LogP contribution in [0.25, 0.3) is 27.3 Å². The Kier molecular flexibility index (Phi) is 15.9. The Balaban J connectivity index is 0.663. The highest BCUT2D eigenvalue weighted by molar-refractivity contribution is 7.13. The van der Waals surface area contributed by atoms with Crippen LogP contribution in [0.1, 0.15) is 98.9 Å². The second kappa shape index (κ2) is 22.7. The number of nitrogens with one attached hydrogen (secondary N) is 5. The number of thiazole rings is 1. The van der Waals surface area contributed by atoms with Gasteiger partial charge in [-0.3, -0.25) is 33.6 Å². The highest BCUT2D eigenvalue weighted by atomic mass is 32.1. The normalized spacial score (nSPS) is 17.8. The molecule has 18 nitrogen and oxygen atoms in total. The Morgan fingerprint density at radius 3 is 2.38 bits per heavy atom. The predicted octanol–water partition coefficient (Wildman–Crippen LogP) is 6.03. The Labute approximate surface area is 428 Å². The zero-order chi connectivity index (χ0) is 51.2. The third kappa shape index (κ3) is 12.4. The molecule has 6 N–H and O–H groups in total. The SMILES string of the molecule is Cc1ncsc1-c1ccc(CNC(=O)[C@@H]2C[C@@H](O)CN2C(=O)[C@@H](NCCCCCCNC(=O)CN2CCN(C(=O)c3ccc(Nc4nc(C5CC5)cn5c(-c6cn[nH]c6)cnc45)c(F)c3)CC2)C(C)(C)C)cc1.